The first-order valence-corrected chi connectivity index (χ1v) is 7.95. The normalized spacial score (nSPS) is 36.5. The fraction of sp³-hybridized carbons (Fsp3) is 0.556. The zero-order valence-electron chi connectivity index (χ0n) is 11.9. The SMILES string of the molecule is OCCC(c1ccccc1)N1CC2C3C=CC(C3)C2C1. The topological polar surface area (TPSA) is 23.5 Å². The van der Waals surface area contributed by atoms with Gasteiger partial charge >= 0.3 is 0 Å². The zero-order valence-corrected chi connectivity index (χ0v) is 11.9. The van der Waals surface area contributed by atoms with E-state index in [1.54, 1.807) is 0 Å². The van der Waals surface area contributed by atoms with Crippen LogP contribution in [0.2, 0.25) is 0 Å². The first-order chi connectivity index (χ1) is 9.86. The van der Waals surface area contributed by atoms with Gasteiger partial charge in [-0.2, -0.15) is 0 Å². The molecule has 1 aromatic rings. The van der Waals surface area contributed by atoms with E-state index >= 15 is 0 Å². The minimum atomic E-state index is 0.274. The molecule has 1 heterocycles. The summed E-state index contributed by atoms with van der Waals surface area (Å²) >= 11 is 0. The van der Waals surface area contributed by atoms with Crippen molar-refractivity contribution in [1.82, 2.24) is 4.90 Å². The second kappa shape index (κ2) is 5.01. The summed E-state index contributed by atoms with van der Waals surface area (Å²) < 4.78 is 0. The lowest BCUT2D eigenvalue weighted by atomic mass is 9.86. The monoisotopic (exact) mass is 269 g/mol. The molecule has 1 aromatic carbocycles. The van der Waals surface area contributed by atoms with Crippen LogP contribution in [0.25, 0.3) is 0 Å². The minimum absolute atomic E-state index is 0.274. The number of hydrogen-bond donors (Lipinski definition) is 1. The Hall–Kier alpha value is -1.12. The van der Waals surface area contributed by atoms with Gasteiger partial charge in [-0.15, -0.1) is 0 Å². The molecule has 1 N–H and O–H groups in total. The van der Waals surface area contributed by atoms with Crippen LogP contribution in [-0.4, -0.2) is 29.7 Å². The third kappa shape index (κ3) is 1.94. The lowest BCUT2D eigenvalue weighted by Crippen LogP contribution is -2.29. The van der Waals surface area contributed by atoms with E-state index in [4.69, 9.17) is 0 Å². The molecule has 1 saturated carbocycles. The molecule has 0 radical (unpaired) electrons. The van der Waals surface area contributed by atoms with Gasteiger partial charge in [-0.05, 0) is 42.1 Å². The molecule has 0 aromatic heterocycles. The fourth-order valence-corrected chi connectivity index (χ4v) is 4.80. The number of aliphatic hydroxyl groups excluding tert-OH is 1. The van der Waals surface area contributed by atoms with Gasteiger partial charge in [-0.25, -0.2) is 0 Å². The third-order valence-corrected chi connectivity index (χ3v) is 5.72. The summed E-state index contributed by atoms with van der Waals surface area (Å²) in [4.78, 5) is 2.63. The summed E-state index contributed by atoms with van der Waals surface area (Å²) in [7, 11) is 0. The predicted molar refractivity (Wildman–Crippen MR) is 80.2 cm³/mol. The molecule has 2 fully saturated rings. The Morgan fingerprint density at radius 2 is 1.70 bits per heavy atom. The van der Waals surface area contributed by atoms with Crippen molar-refractivity contribution < 1.29 is 5.11 Å². The molecule has 5 atom stereocenters. The Morgan fingerprint density at radius 1 is 1.05 bits per heavy atom. The summed E-state index contributed by atoms with van der Waals surface area (Å²) in [5.74, 6) is 3.41. The third-order valence-electron chi connectivity index (χ3n) is 5.72. The van der Waals surface area contributed by atoms with Crippen molar-refractivity contribution in [3.8, 4) is 0 Å². The first kappa shape index (κ1) is 12.6. The highest BCUT2D eigenvalue weighted by atomic mass is 16.3. The highest BCUT2D eigenvalue weighted by Gasteiger charge is 2.50. The molecular formula is C18H23NO. The van der Waals surface area contributed by atoms with Gasteiger partial charge in [0.1, 0.15) is 0 Å². The first-order valence-electron chi connectivity index (χ1n) is 7.95. The number of likely N-dealkylation sites (tertiary alicyclic amines) is 1. The smallest absolute Gasteiger partial charge is 0.0449 e. The van der Waals surface area contributed by atoms with E-state index in [2.05, 4.69) is 47.4 Å². The number of benzene rings is 1. The van der Waals surface area contributed by atoms with Crippen molar-refractivity contribution in [2.45, 2.75) is 18.9 Å². The maximum absolute atomic E-state index is 9.44. The van der Waals surface area contributed by atoms with Gasteiger partial charge in [0.15, 0.2) is 0 Å². The van der Waals surface area contributed by atoms with Crippen molar-refractivity contribution in [1.29, 1.82) is 0 Å². The van der Waals surface area contributed by atoms with Gasteiger partial charge in [-0.1, -0.05) is 42.5 Å². The largest absolute Gasteiger partial charge is 0.396 e. The number of hydrogen-bond acceptors (Lipinski definition) is 2. The van der Waals surface area contributed by atoms with E-state index in [0.29, 0.717) is 6.04 Å². The average Bonchev–Trinajstić information content (AvgIpc) is 3.17. The standard InChI is InChI=1S/C18H23NO/c20-9-8-18(13-4-2-1-3-5-13)19-11-16-14-6-7-15(10-14)17(16)12-19/h1-7,14-18,20H,8-12H2. The number of fused-ring (bicyclic) bond motifs is 5. The van der Waals surface area contributed by atoms with Crippen LogP contribution < -0.4 is 0 Å². The van der Waals surface area contributed by atoms with Crippen LogP contribution in [0.4, 0.5) is 0 Å². The molecule has 2 heteroatoms. The molecule has 106 valence electrons. The van der Waals surface area contributed by atoms with Crippen LogP contribution in [0, 0.1) is 23.7 Å². The molecule has 5 unspecified atom stereocenters. The van der Waals surface area contributed by atoms with Crippen molar-refractivity contribution in [3.63, 3.8) is 0 Å². The average molecular weight is 269 g/mol. The van der Waals surface area contributed by atoms with Crippen LogP contribution in [0.3, 0.4) is 0 Å². The molecule has 2 nitrogen and oxygen atoms in total. The van der Waals surface area contributed by atoms with E-state index in [-0.39, 0.29) is 6.61 Å². The summed E-state index contributed by atoms with van der Waals surface area (Å²) in [5.41, 5.74) is 1.36. The van der Waals surface area contributed by atoms with E-state index < -0.39 is 0 Å². The van der Waals surface area contributed by atoms with Gasteiger partial charge in [0.2, 0.25) is 0 Å². The molecule has 2 bridgehead atoms. The summed E-state index contributed by atoms with van der Waals surface area (Å²) in [6.07, 6.45) is 7.17. The number of rotatable bonds is 4. The van der Waals surface area contributed by atoms with Crippen molar-refractivity contribution in [3.05, 3.63) is 48.0 Å². The molecule has 20 heavy (non-hydrogen) atoms. The number of aliphatic hydroxyl groups is 1. The summed E-state index contributed by atoms with van der Waals surface area (Å²) in [6, 6.07) is 11.1. The molecule has 0 amide bonds. The molecule has 1 saturated heterocycles. The maximum atomic E-state index is 9.44. The van der Waals surface area contributed by atoms with Crippen molar-refractivity contribution in [2.75, 3.05) is 19.7 Å². The molecule has 1 aliphatic heterocycles. The predicted octanol–water partition coefficient (Wildman–Crippen LogP) is 2.86. The highest BCUT2D eigenvalue weighted by Crippen LogP contribution is 2.52. The molecule has 3 aliphatic rings. The van der Waals surface area contributed by atoms with Crippen LogP contribution in [0.5, 0.6) is 0 Å². The van der Waals surface area contributed by atoms with E-state index in [1.807, 2.05) is 0 Å². The Kier molecular flexibility index (Phi) is 3.16. The van der Waals surface area contributed by atoms with Crippen LogP contribution in [-0.2, 0) is 0 Å². The van der Waals surface area contributed by atoms with Crippen LogP contribution >= 0.6 is 0 Å². The van der Waals surface area contributed by atoms with Gasteiger partial charge in [0, 0.05) is 25.7 Å². The minimum Gasteiger partial charge on any atom is -0.396 e. The lowest BCUT2D eigenvalue weighted by Gasteiger charge is -2.29. The Morgan fingerprint density at radius 3 is 2.30 bits per heavy atom. The van der Waals surface area contributed by atoms with E-state index in [1.165, 1.54) is 25.1 Å². The maximum Gasteiger partial charge on any atom is 0.0449 e. The Labute approximate surface area is 121 Å². The van der Waals surface area contributed by atoms with Gasteiger partial charge in [-0.3, -0.25) is 4.90 Å². The van der Waals surface area contributed by atoms with Gasteiger partial charge in [0.25, 0.3) is 0 Å². The highest BCUT2D eigenvalue weighted by molar-refractivity contribution is 5.22. The fourth-order valence-electron chi connectivity index (χ4n) is 4.80. The molecule has 2 aliphatic carbocycles. The van der Waals surface area contributed by atoms with Crippen molar-refractivity contribution >= 4 is 0 Å². The van der Waals surface area contributed by atoms with Crippen LogP contribution in [0.1, 0.15) is 24.4 Å². The second-order valence-electron chi connectivity index (χ2n) is 6.67. The zero-order chi connectivity index (χ0) is 13.5. The Bertz CT molecular complexity index is 477. The van der Waals surface area contributed by atoms with Gasteiger partial charge < -0.3 is 5.11 Å². The van der Waals surface area contributed by atoms with Crippen LogP contribution in [0.15, 0.2) is 42.5 Å². The van der Waals surface area contributed by atoms with Gasteiger partial charge in [0.05, 0.1) is 0 Å². The molecule has 0 spiro atoms. The lowest BCUT2D eigenvalue weighted by molar-refractivity contribution is 0.171. The van der Waals surface area contributed by atoms with E-state index in [0.717, 1.165) is 30.1 Å². The number of allylic oxidation sites excluding steroid dienone is 2. The quantitative estimate of drug-likeness (QED) is 0.850. The summed E-state index contributed by atoms with van der Waals surface area (Å²) in [6.45, 7) is 2.71. The summed E-state index contributed by atoms with van der Waals surface area (Å²) in [5, 5.41) is 9.44. The number of nitrogens with zero attached hydrogens (tertiary/aromatic N) is 1. The van der Waals surface area contributed by atoms with Crippen molar-refractivity contribution in [2.24, 2.45) is 23.7 Å². The molecule has 4 rings (SSSR count). The molecular weight excluding hydrogens is 246 g/mol. The second-order valence-corrected chi connectivity index (χ2v) is 6.67. The Balaban J connectivity index is 1.54. The van der Waals surface area contributed by atoms with E-state index in [9.17, 15) is 5.11 Å².